The van der Waals surface area contributed by atoms with Crippen molar-refractivity contribution >= 4 is 22.9 Å². The standard InChI is InChI=1S/C14H15N3O4/c18-13-15-11-4-3-8(5-12(11)21-13)16-6-9-1-2-10(7-16)17(9)14(19)20/h3-5,9-10H,1-2,6-7H2,(H,15,18)(H,19,20). The maximum atomic E-state index is 11.3. The molecule has 1 aromatic carbocycles. The summed E-state index contributed by atoms with van der Waals surface area (Å²) in [6, 6.07) is 5.69. The maximum Gasteiger partial charge on any atom is 0.417 e. The summed E-state index contributed by atoms with van der Waals surface area (Å²) in [6.45, 7) is 1.37. The predicted octanol–water partition coefficient (Wildman–Crippen LogP) is 1.45. The lowest BCUT2D eigenvalue weighted by Gasteiger charge is -2.40. The second kappa shape index (κ2) is 4.28. The van der Waals surface area contributed by atoms with Crippen LogP contribution in [0.5, 0.6) is 0 Å². The molecule has 2 aromatic rings. The van der Waals surface area contributed by atoms with Crippen LogP contribution in [0.1, 0.15) is 12.8 Å². The Hall–Kier alpha value is -2.44. The number of hydrogen-bond donors (Lipinski definition) is 2. The van der Waals surface area contributed by atoms with Crippen LogP contribution < -0.4 is 10.7 Å². The second-order valence-electron chi connectivity index (χ2n) is 5.67. The number of H-pyrrole nitrogens is 1. The van der Waals surface area contributed by atoms with Gasteiger partial charge in [-0.3, -0.25) is 9.88 Å². The first-order valence-electron chi connectivity index (χ1n) is 7.01. The highest BCUT2D eigenvalue weighted by Crippen LogP contribution is 2.33. The molecular formula is C14H15N3O4. The van der Waals surface area contributed by atoms with Crippen LogP contribution in [0.4, 0.5) is 10.5 Å². The summed E-state index contributed by atoms with van der Waals surface area (Å²) >= 11 is 0. The summed E-state index contributed by atoms with van der Waals surface area (Å²) in [5, 5.41) is 9.27. The average Bonchev–Trinajstić information content (AvgIpc) is 2.94. The number of amides is 1. The number of aromatic nitrogens is 1. The van der Waals surface area contributed by atoms with E-state index in [0.29, 0.717) is 24.2 Å². The van der Waals surface area contributed by atoms with Gasteiger partial charge in [0.25, 0.3) is 0 Å². The number of benzene rings is 1. The number of hydrogen-bond acceptors (Lipinski definition) is 4. The molecule has 2 bridgehead atoms. The van der Waals surface area contributed by atoms with Gasteiger partial charge in [-0.1, -0.05) is 0 Å². The van der Waals surface area contributed by atoms with Crippen molar-refractivity contribution < 1.29 is 14.3 Å². The number of nitrogens with one attached hydrogen (secondary N) is 1. The number of anilines is 1. The first-order chi connectivity index (χ1) is 10.1. The molecule has 2 aliphatic rings. The second-order valence-corrected chi connectivity index (χ2v) is 5.67. The van der Waals surface area contributed by atoms with Gasteiger partial charge in [-0.15, -0.1) is 0 Å². The number of carbonyl (C=O) groups is 1. The minimum atomic E-state index is -0.825. The van der Waals surface area contributed by atoms with Crippen LogP contribution in [-0.4, -0.2) is 46.3 Å². The van der Waals surface area contributed by atoms with Crippen molar-refractivity contribution in [3.63, 3.8) is 0 Å². The fourth-order valence-electron chi connectivity index (χ4n) is 3.56. The lowest BCUT2D eigenvalue weighted by Crippen LogP contribution is -2.55. The molecule has 2 atom stereocenters. The Morgan fingerprint density at radius 2 is 2.00 bits per heavy atom. The Morgan fingerprint density at radius 1 is 1.29 bits per heavy atom. The quantitative estimate of drug-likeness (QED) is 0.829. The zero-order valence-electron chi connectivity index (χ0n) is 11.3. The predicted molar refractivity (Wildman–Crippen MR) is 75.7 cm³/mol. The summed E-state index contributed by atoms with van der Waals surface area (Å²) in [7, 11) is 0. The molecule has 21 heavy (non-hydrogen) atoms. The fourth-order valence-corrected chi connectivity index (χ4v) is 3.56. The lowest BCUT2D eigenvalue weighted by molar-refractivity contribution is 0.115. The van der Waals surface area contributed by atoms with Gasteiger partial charge in [-0.2, -0.15) is 0 Å². The van der Waals surface area contributed by atoms with E-state index in [1.807, 2.05) is 18.2 Å². The molecule has 0 spiro atoms. The fraction of sp³-hybridized carbons (Fsp3) is 0.429. The van der Waals surface area contributed by atoms with E-state index in [0.717, 1.165) is 18.5 Å². The van der Waals surface area contributed by atoms with Gasteiger partial charge >= 0.3 is 11.8 Å². The summed E-state index contributed by atoms with van der Waals surface area (Å²) < 4.78 is 5.09. The van der Waals surface area contributed by atoms with E-state index in [9.17, 15) is 14.7 Å². The molecule has 110 valence electrons. The number of oxazole rings is 1. The number of nitrogens with zero attached hydrogens (tertiary/aromatic N) is 2. The number of fused-ring (bicyclic) bond motifs is 3. The van der Waals surface area contributed by atoms with E-state index >= 15 is 0 Å². The molecule has 2 N–H and O–H groups in total. The van der Waals surface area contributed by atoms with Gasteiger partial charge < -0.3 is 14.4 Å². The SMILES string of the molecule is O=C(O)N1C2CCC1CN(c1ccc3[nH]c(=O)oc3c1)C2. The zero-order valence-corrected chi connectivity index (χ0v) is 11.3. The Bertz CT molecular complexity index is 751. The van der Waals surface area contributed by atoms with Crippen LogP contribution >= 0.6 is 0 Å². The van der Waals surface area contributed by atoms with Gasteiger partial charge in [0.15, 0.2) is 5.58 Å². The van der Waals surface area contributed by atoms with Crippen molar-refractivity contribution in [2.75, 3.05) is 18.0 Å². The lowest BCUT2D eigenvalue weighted by atomic mass is 10.1. The largest absolute Gasteiger partial charge is 0.465 e. The molecule has 7 nitrogen and oxygen atoms in total. The highest BCUT2D eigenvalue weighted by Gasteiger charge is 2.42. The van der Waals surface area contributed by atoms with Gasteiger partial charge in [0, 0.05) is 24.8 Å². The van der Waals surface area contributed by atoms with Crippen LogP contribution in [-0.2, 0) is 0 Å². The Morgan fingerprint density at radius 3 is 2.67 bits per heavy atom. The van der Waals surface area contributed by atoms with Gasteiger partial charge in [0.1, 0.15) is 0 Å². The minimum absolute atomic E-state index is 0.0511. The van der Waals surface area contributed by atoms with E-state index < -0.39 is 11.8 Å². The topological polar surface area (TPSA) is 89.8 Å². The van der Waals surface area contributed by atoms with Crippen molar-refractivity contribution in [1.29, 1.82) is 0 Å². The maximum absolute atomic E-state index is 11.3. The Kier molecular flexibility index (Phi) is 2.51. The highest BCUT2D eigenvalue weighted by atomic mass is 16.4. The van der Waals surface area contributed by atoms with Crippen molar-refractivity contribution in [3.8, 4) is 0 Å². The van der Waals surface area contributed by atoms with Crippen molar-refractivity contribution in [2.24, 2.45) is 0 Å². The normalized spacial score (nSPS) is 24.8. The first kappa shape index (κ1) is 12.3. The minimum Gasteiger partial charge on any atom is -0.465 e. The molecule has 0 aliphatic carbocycles. The summed E-state index contributed by atoms with van der Waals surface area (Å²) in [5.74, 6) is -0.460. The van der Waals surface area contributed by atoms with Gasteiger partial charge in [-0.25, -0.2) is 9.59 Å². The molecule has 2 fully saturated rings. The summed E-state index contributed by atoms with van der Waals surface area (Å²) in [5.41, 5.74) is 2.17. The summed E-state index contributed by atoms with van der Waals surface area (Å²) in [6.07, 6.45) is 0.999. The van der Waals surface area contributed by atoms with Crippen LogP contribution in [0.3, 0.4) is 0 Å². The molecule has 3 heterocycles. The van der Waals surface area contributed by atoms with E-state index in [1.54, 1.807) is 4.90 Å². The molecule has 4 rings (SSSR count). The van der Waals surface area contributed by atoms with Crippen molar-refractivity contribution in [3.05, 3.63) is 28.7 Å². The number of rotatable bonds is 1. The Labute approximate surface area is 119 Å². The highest BCUT2D eigenvalue weighted by molar-refractivity contribution is 5.77. The third-order valence-electron chi connectivity index (χ3n) is 4.47. The van der Waals surface area contributed by atoms with Crippen LogP contribution in [0.25, 0.3) is 11.1 Å². The average molecular weight is 289 g/mol. The number of carboxylic acid groups (broad SMARTS) is 1. The Balaban J connectivity index is 1.65. The molecule has 1 aromatic heterocycles. The molecule has 0 saturated carbocycles. The number of aromatic amines is 1. The molecular weight excluding hydrogens is 274 g/mol. The van der Waals surface area contributed by atoms with E-state index in [1.165, 1.54) is 0 Å². The van der Waals surface area contributed by atoms with Crippen molar-refractivity contribution in [1.82, 2.24) is 9.88 Å². The molecule has 7 heteroatoms. The van der Waals surface area contributed by atoms with Crippen LogP contribution in [0, 0.1) is 0 Å². The third kappa shape index (κ3) is 1.88. The summed E-state index contributed by atoms with van der Waals surface area (Å²) in [4.78, 5) is 28.9. The van der Waals surface area contributed by atoms with E-state index in [4.69, 9.17) is 4.42 Å². The van der Waals surface area contributed by atoms with E-state index in [2.05, 4.69) is 9.88 Å². The van der Waals surface area contributed by atoms with Gasteiger partial charge in [0.2, 0.25) is 0 Å². The molecule has 2 unspecified atom stereocenters. The molecule has 0 radical (unpaired) electrons. The molecule has 1 amide bonds. The van der Waals surface area contributed by atoms with E-state index in [-0.39, 0.29) is 12.1 Å². The monoisotopic (exact) mass is 289 g/mol. The van der Waals surface area contributed by atoms with Crippen LogP contribution in [0.2, 0.25) is 0 Å². The number of piperazine rings is 1. The zero-order chi connectivity index (χ0) is 14.6. The van der Waals surface area contributed by atoms with Crippen LogP contribution in [0.15, 0.2) is 27.4 Å². The third-order valence-corrected chi connectivity index (χ3v) is 4.47. The van der Waals surface area contributed by atoms with Gasteiger partial charge in [0.05, 0.1) is 17.6 Å². The molecule has 2 aliphatic heterocycles. The first-order valence-corrected chi connectivity index (χ1v) is 7.01. The van der Waals surface area contributed by atoms with Crippen molar-refractivity contribution in [2.45, 2.75) is 24.9 Å². The van der Waals surface area contributed by atoms with Gasteiger partial charge in [-0.05, 0) is 25.0 Å². The smallest absolute Gasteiger partial charge is 0.417 e. The molecule has 2 saturated heterocycles.